The summed E-state index contributed by atoms with van der Waals surface area (Å²) in [5, 5.41) is 0.633. The molecule has 2 aromatic heterocycles. The Bertz CT molecular complexity index is 1650. The zero-order valence-electron chi connectivity index (χ0n) is 22.4. The number of nitrogens with two attached hydrogens (primary N) is 1. The number of alkyl halides is 1. The number of anilines is 3. The molecule has 1 aliphatic rings. The van der Waals surface area contributed by atoms with E-state index in [0.29, 0.717) is 78.1 Å². The van der Waals surface area contributed by atoms with Crippen molar-refractivity contribution in [2.45, 2.75) is 13.3 Å². The van der Waals surface area contributed by atoms with Gasteiger partial charge >= 0.3 is 0 Å². The molecule has 1 saturated heterocycles. The Morgan fingerprint density at radius 3 is 2.63 bits per heavy atom. The first-order valence-corrected chi connectivity index (χ1v) is 14.8. The monoisotopic (exact) mass is 584 g/mol. The van der Waals surface area contributed by atoms with Crippen LogP contribution in [0.3, 0.4) is 0 Å². The lowest BCUT2D eigenvalue weighted by Crippen LogP contribution is -2.37. The topological polar surface area (TPSA) is 133 Å². The Balaban J connectivity index is 1.68. The van der Waals surface area contributed by atoms with Crippen molar-refractivity contribution in [1.29, 1.82) is 0 Å². The second-order valence-corrected chi connectivity index (χ2v) is 11.2. The highest BCUT2D eigenvalue weighted by molar-refractivity contribution is 7.92. The summed E-state index contributed by atoms with van der Waals surface area (Å²) in [6.07, 6.45) is 1.42. The number of benzene rings is 2. The number of nitrogens with zero attached hydrogens (tertiary/aromatic N) is 4. The number of pyridine rings is 1. The lowest BCUT2D eigenvalue weighted by molar-refractivity contribution is 0.122. The van der Waals surface area contributed by atoms with Crippen LogP contribution >= 0.6 is 0 Å². The first kappa shape index (κ1) is 28.4. The first-order chi connectivity index (χ1) is 19.8. The number of hydrogen-bond acceptors (Lipinski definition) is 9. The highest BCUT2D eigenvalue weighted by Gasteiger charge is 2.23. The van der Waals surface area contributed by atoms with Crippen LogP contribution in [-0.4, -0.2) is 68.7 Å². The maximum atomic E-state index is 15.8. The molecule has 0 radical (unpaired) electrons. The van der Waals surface area contributed by atoms with E-state index in [9.17, 15) is 12.8 Å². The molecular weight excluding hydrogens is 554 g/mol. The summed E-state index contributed by atoms with van der Waals surface area (Å²) >= 11 is 0. The van der Waals surface area contributed by atoms with E-state index in [1.54, 1.807) is 42.6 Å². The molecule has 0 unspecified atom stereocenters. The van der Waals surface area contributed by atoms with Crippen LogP contribution in [0, 0.1) is 5.82 Å². The molecule has 5 rings (SSSR count). The van der Waals surface area contributed by atoms with Crippen LogP contribution in [0.1, 0.15) is 13.3 Å². The van der Waals surface area contributed by atoms with Gasteiger partial charge in [-0.1, -0.05) is 12.1 Å². The highest BCUT2D eigenvalue weighted by atomic mass is 32.2. The zero-order valence-corrected chi connectivity index (χ0v) is 23.3. The van der Waals surface area contributed by atoms with Crippen molar-refractivity contribution in [2.24, 2.45) is 0 Å². The molecule has 0 saturated carbocycles. The number of rotatable bonds is 10. The van der Waals surface area contributed by atoms with Crippen LogP contribution in [0.5, 0.6) is 5.75 Å². The molecule has 0 aliphatic carbocycles. The van der Waals surface area contributed by atoms with Gasteiger partial charge in [0.2, 0.25) is 10.0 Å². The average Bonchev–Trinajstić information content (AvgIpc) is 2.97. The lowest BCUT2D eigenvalue weighted by Gasteiger charge is -2.29. The van der Waals surface area contributed by atoms with Crippen molar-refractivity contribution >= 4 is 38.2 Å². The maximum absolute atomic E-state index is 15.8. The zero-order chi connectivity index (χ0) is 29.0. The molecule has 41 heavy (non-hydrogen) atoms. The fourth-order valence-corrected chi connectivity index (χ4v) is 5.67. The molecule has 1 aliphatic heterocycles. The van der Waals surface area contributed by atoms with Crippen molar-refractivity contribution in [3.63, 3.8) is 0 Å². The van der Waals surface area contributed by atoms with Crippen molar-refractivity contribution < 1.29 is 26.7 Å². The van der Waals surface area contributed by atoms with Crippen LogP contribution in [0.15, 0.2) is 48.7 Å². The van der Waals surface area contributed by atoms with Crippen molar-refractivity contribution in [1.82, 2.24) is 15.0 Å². The maximum Gasteiger partial charge on any atom is 0.232 e. The van der Waals surface area contributed by atoms with Gasteiger partial charge in [-0.2, -0.15) is 0 Å². The SMILES string of the molecule is CCOc1cc(-c2cccc(NS(=O)(=O)CCCF)c2F)cc2c(N3CCOCC3)nc(-c3ccc(N)nc3)nc12. The molecule has 0 atom stereocenters. The molecule has 13 heteroatoms. The molecular formula is C28H30F2N6O4S. The molecule has 0 amide bonds. The molecule has 3 heterocycles. The largest absolute Gasteiger partial charge is 0.492 e. The Morgan fingerprint density at radius 2 is 1.93 bits per heavy atom. The van der Waals surface area contributed by atoms with Gasteiger partial charge in [0.05, 0.1) is 37.9 Å². The predicted molar refractivity (Wildman–Crippen MR) is 155 cm³/mol. The number of morpholine rings is 1. The summed E-state index contributed by atoms with van der Waals surface area (Å²) in [6.45, 7) is 3.58. The Labute approximate surface area is 236 Å². The van der Waals surface area contributed by atoms with Crippen molar-refractivity contribution in [3.8, 4) is 28.3 Å². The number of fused-ring (bicyclic) bond motifs is 1. The molecule has 3 N–H and O–H groups in total. The third-order valence-electron chi connectivity index (χ3n) is 6.52. The second-order valence-electron chi connectivity index (χ2n) is 9.38. The van der Waals surface area contributed by atoms with Crippen LogP contribution in [0.4, 0.5) is 26.1 Å². The fraction of sp³-hybridized carbons (Fsp3) is 0.321. The molecule has 216 valence electrons. The summed E-state index contributed by atoms with van der Waals surface area (Å²) in [7, 11) is -3.93. The van der Waals surface area contributed by atoms with E-state index in [1.807, 2.05) is 6.92 Å². The standard InChI is InChI=1S/C28H30F2N6O4S/c1-2-40-23-16-19(20-5-3-6-22(25(20)30)35-41(37,38)14-4-9-29)15-21-26(23)33-27(18-7-8-24(31)32-17-18)34-28(21)36-10-12-39-13-11-36/h3,5-8,15-17,35H,2,4,9-14H2,1H3,(H2,31,32). The lowest BCUT2D eigenvalue weighted by atomic mass is 10.0. The van der Waals surface area contributed by atoms with Crippen LogP contribution in [0.2, 0.25) is 0 Å². The smallest absolute Gasteiger partial charge is 0.232 e. The number of sulfonamides is 1. The van der Waals surface area contributed by atoms with Gasteiger partial charge in [-0.3, -0.25) is 9.11 Å². The summed E-state index contributed by atoms with van der Waals surface area (Å²) in [4.78, 5) is 15.9. The number of nitrogen functional groups attached to an aromatic ring is 1. The van der Waals surface area contributed by atoms with E-state index >= 15 is 4.39 Å². The molecule has 0 bridgehead atoms. The molecule has 0 spiro atoms. The minimum atomic E-state index is -3.93. The minimum absolute atomic E-state index is 0.151. The number of halogens is 2. The van der Waals surface area contributed by atoms with Gasteiger partial charge in [0.1, 0.15) is 22.9 Å². The number of hydrogen-bond donors (Lipinski definition) is 2. The predicted octanol–water partition coefficient (Wildman–Crippen LogP) is 4.42. The average molecular weight is 585 g/mol. The summed E-state index contributed by atoms with van der Waals surface area (Å²) in [5.74, 6) is 0.611. The summed E-state index contributed by atoms with van der Waals surface area (Å²) in [5.41, 5.74) is 7.35. The van der Waals surface area contributed by atoms with Gasteiger partial charge in [0.25, 0.3) is 0 Å². The first-order valence-electron chi connectivity index (χ1n) is 13.2. The number of aromatic nitrogens is 3. The van der Waals surface area contributed by atoms with E-state index in [0.717, 1.165) is 0 Å². The van der Waals surface area contributed by atoms with E-state index in [2.05, 4.69) is 14.6 Å². The van der Waals surface area contributed by atoms with E-state index in [-0.39, 0.29) is 17.7 Å². The normalized spacial score (nSPS) is 13.9. The molecule has 10 nitrogen and oxygen atoms in total. The third kappa shape index (κ3) is 6.30. The van der Waals surface area contributed by atoms with Crippen LogP contribution in [-0.2, 0) is 14.8 Å². The van der Waals surface area contributed by atoms with Gasteiger partial charge in [-0.25, -0.2) is 27.8 Å². The van der Waals surface area contributed by atoms with E-state index in [1.165, 1.54) is 6.07 Å². The van der Waals surface area contributed by atoms with Gasteiger partial charge in [0, 0.05) is 35.8 Å². The van der Waals surface area contributed by atoms with Gasteiger partial charge in [0.15, 0.2) is 11.6 Å². The number of ether oxygens (including phenoxy) is 2. The van der Waals surface area contributed by atoms with Crippen molar-refractivity contribution in [3.05, 3.63) is 54.5 Å². The van der Waals surface area contributed by atoms with E-state index < -0.39 is 28.3 Å². The highest BCUT2D eigenvalue weighted by Crippen LogP contribution is 2.39. The quantitative estimate of drug-likeness (QED) is 0.278. The van der Waals surface area contributed by atoms with Gasteiger partial charge in [-0.15, -0.1) is 0 Å². The number of nitrogens with one attached hydrogen (secondary N) is 1. The Kier molecular flexibility index (Phi) is 8.45. The van der Waals surface area contributed by atoms with Crippen molar-refractivity contribution in [2.75, 3.05) is 60.7 Å². The van der Waals surface area contributed by atoms with Crippen LogP contribution in [0.25, 0.3) is 33.4 Å². The third-order valence-corrected chi connectivity index (χ3v) is 7.88. The molecule has 4 aromatic rings. The Morgan fingerprint density at radius 1 is 1.12 bits per heavy atom. The molecule has 2 aromatic carbocycles. The minimum Gasteiger partial charge on any atom is -0.492 e. The van der Waals surface area contributed by atoms with Gasteiger partial charge in [-0.05, 0) is 49.2 Å². The summed E-state index contributed by atoms with van der Waals surface area (Å²) < 4.78 is 66.8. The van der Waals surface area contributed by atoms with Gasteiger partial charge < -0.3 is 20.1 Å². The second kappa shape index (κ2) is 12.2. The summed E-state index contributed by atoms with van der Waals surface area (Å²) in [6, 6.07) is 11.3. The van der Waals surface area contributed by atoms with E-state index in [4.69, 9.17) is 25.2 Å². The fourth-order valence-electron chi connectivity index (χ4n) is 4.59. The Hall–Kier alpha value is -4.10. The molecule has 1 fully saturated rings. The van der Waals surface area contributed by atoms with Crippen LogP contribution < -0.4 is 20.1 Å².